The molecule has 2 aliphatic rings. The minimum Gasteiger partial charge on any atom is -0.373 e. The third-order valence-electron chi connectivity index (χ3n) is 4.52. The monoisotopic (exact) mass is 194 g/mol. The molecule has 0 aliphatic heterocycles. The van der Waals surface area contributed by atoms with E-state index in [-0.39, 0.29) is 0 Å². The minimum atomic E-state index is 0.371. The fourth-order valence-corrected chi connectivity index (χ4v) is 3.84. The molecule has 0 aromatic carbocycles. The molecule has 2 saturated carbocycles. The molecular weight excluding hydrogens is 172 g/mol. The Labute approximate surface area is 87.5 Å². The van der Waals surface area contributed by atoms with Gasteiger partial charge in [-0.2, -0.15) is 0 Å². The van der Waals surface area contributed by atoms with Gasteiger partial charge in [0.05, 0.1) is 12.7 Å². The van der Waals surface area contributed by atoms with Crippen LogP contribution in [-0.2, 0) is 4.74 Å². The van der Waals surface area contributed by atoms with Crippen molar-refractivity contribution < 1.29 is 4.74 Å². The predicted octanol–water partition coefficient (Wildman–Crippen LogP) is 3.40. The first-order valence-electron chi connectivity index (χ1n) is 5.73. The van der Waals surface area contributed by atoms with Crippen LogP contribution >= 0.6 is 0 Å². The molecule has 0 spiro atoms. The topological polar surface area (TPSA) is 9.23 Å². The van der Waals surface area contributed by atoms with Crippen molar-refractivity contribution in [1.82, 2.24) is 0 Å². The van der Waals surface area contributed by atoms with Crippen molar-refractivity contribution in [3.63, 3.8) is 0 Å². The van der Waals surface area contributed by atoms with E-state index in [4.69, 9.17) is 4.74 Å². The van der Waals surface area contributed by atoms with Gasteiger partial charge in [-0.1, -0.05) is 26.8 Å². The lowest BCUT2D eigenvalue weighted by Crippen LogP contribution is -2.42. The van der Waals surface area contributed by atoms with Crippen LogP contribution in [0.15, 0.2) is 12.7 Å². The fraction of sp³-hybridized carbons (Fsp3) is 0.846. The quantitative estimate of drug-likeness (QED) is 0.626. The molecule has 2 fully saturated rings. The minimum absolute atomic E-state index is 0.371. The van der Waals surface area contributed by atoms with Crippen LogP contribution in [0.5, 0.6) is 0 Å². The molecule has 1 heteroatoms. The average Bonchev–Trinajstić information content (AvgIpc) is 2.55. The highest BCUT2D eigenvalue weighted by molar-refractivity contribution is 5.09. The first-order chi connectivity index (χ1) is 6.50. The van der Waals surface area contributed by atoms with Gasteiger partial charge in [-0.25, -0.2) is 0 Å². The Morgan fingerprint density at radius 3 is 2.64 bits per heavy atom. The molecule has 80 valence electrons. The fourth-order valence-electron chi connectivity index (χ4n) is 3.84. The van der Waals surface area contributed by atoms with Crippen LogP contribution in [-0.4, -0.2) is 12.7 Å². The molecule has 2 rings (SSSR count). The number of ether oxygens (including phenoxy) is 1. The Bertz CT molecular complexity index is 239. The summed E-state index contributed by atoms with van der Waals surface area (Å²) in [7, 11) is 0. The maximum absolute atomic E-state index is 5.99. The van der Waals surface area contributed by atoms with Gasteiger partial charge in [-0.05, 0) is 36.0 Å². The summed E-state index contributed by atoms with van der Waals surface area (Å²) in [5.41, 5.74) is 0.813. The summed E-state index contributed by atoms with van der Waals surface area (Å²) >= 11 is 0. The second kappa shape index (κ2) is 3.10. The van der Waals surface area contributed by atoms with E-state index in [0.29, 0.717) is 23.5 Å². The van der Waals surface area contributed by atoms with E-state index in [2.05, 4.69) is 27.4 Å². The van der Waals surface area contributed by atoms with Gasteiger partial charge in [-0.15, -0.1) is 6.58 Å². The molecule has 0 N–H and O–H groups in total. The van der Waals surface area contributed by atoms with Gasteiger partial charge in [0, 0.05) is 0 Å². The Morgan fingerprint density at radius 2 is 2.14 bits per heavy atom. The van der Waals surface area contributed by atoms with Gasteiger partial charge in [-0.3, -0.25) is 0 Å². The van der Waals surface area contributed by atoms with Crippen LogP contribution in [0.2, 0.25) is 0 Å². The van der Waals surface area contributed by atoms with E-state index >= 15 is 0 Å². The highest BCUT2D eigenvalue weighted by Gasteiger charge is 2.59. The first kappa shape index (κ1) is 10.2. The van der Waals surface area contributed by atoms with Crippen LogP contribution in [0.25, 0.3) is 0 Å². The molecule has 0 radical (unpaired) electrons. The summed E-state index contributed by atoms with van der Waals surface area (Å²) < 4.78 is 5.99. The van der Waals surface area contributed by atoms with Crippen molar-refractivity contribution in [2.45, 2.75) is 46.1 Å². The molecule has 0 unspecified atom stereocenters. The zero-order valence-electron chi connectivity index (χ0n) is 9.68. The van der Waals surface area contributed by atoms with Gasteiger partial charge in [0.1, 0.15) is 0 Å². The molecule has 14 heavy (non-hydrogen) atoms. The van der Waals surface area contributed by atoms with E-state index in [9.17, 15) is 0 Å². The molecular formula is C13H22O. The molecule has 2 bridgehead atoms. The van der Waals surface area contributed by atoms with Crippen LogP contribution in [0.1, 0.15) is 40.0 Å². The third-order valence-corrected chi connectivity index (χ3v) is 4.52. The molecule has 0 heterocycles. The maximum Gasteiger partial charge on any atom is 0.0686 e. The normalized spacial score (nSPS) is 44.2. The SMILES string of the molecule is C=CCO[C@H]1C(C)(C)[C@H]2CC[C@]1(C)C2. The van der Waals surface area contributed by atoms with Crippen molar-refractivity contribution in [2.24, 2.45) is 16.7 Å². The molecule has 0 aromatic rings. The van der Waals surface area contributed by atoms with Crippen molar-refractivity contribution in [2.75, 3.05) is 6.61 Å². The second-order valence-corrected chi connectivity index (χ2v) is 5.92. The molecule has 3 atom stereocenters. The van der Waals surface area contributed by atoms with Gasteiger partial charge in [0.25, 0.3) is 0 Å². The van der Waals surface area contributed by atoms with E-state index in [0.717, 1.165) is 5.92 Å². The van der Waals surface area contributed by atoms with Gasteiger partial charge in [0.2, 0.25) is 0 Å². The average molecular weight is 194 g/mol. The largest absolute Gasteiger partial charge is 0.373 e. The van der Waals surface area contributed by atoms with Crippen LogP contribution in [0.4, 0.5) is 0 Å². The van der Waals surface area contributed by atoms with Gasteiger partial charge >= 0.3 is 0 Å². The zero-order valence-corrected chi connectivity index (χ0v) is 9.68. The summed E-state index contributed by atoms with van der Waals surface area (Å²) in [6.07, 6.45) is 6.42. The number of rotatable bonds is 3. The third kappa shape index (κ3) is 1.25. The van der Waals surface area contributed by atoms with Gasteiger partial charge < -0.3 is 4.74 Å². The lowest BCUT2D eigenvalue weighted by atomic mass is 9.70. The van der Waals surface area contributed by atoms with Crippen LogP contribution in [0.3, 0.4) is 0 Å². The Morgan fingerprint density at radius 1 is 1.43 bits per heavy atom. The van der Waals surface area contributed by atoms with Crippen molar-refractivity contribution in [3.8, 4) is 0 Å². The summed E-state index contributed by atoms with van der Waals surface area (Å²) in [6, 6.07) is 0. The predicted molar refractivity (Wildman–Crippen MR) is 59.2 cm³/mol. The van der Waals surface area contributed by atoms with Crippen molar-refractivity contribution >= 4 is 0 Å². The molecule has 1 nitrogen and oxygen atoms in total. The van der Waals surface area contributed by atoms with Crippen LogP contribution in [0, 0.1) is 16.7 Å². The standard InChI is InChI=1S/C13H22O/c1-5-8-14-11-12(2,3)10-6-7-13(11,4)9-10/h5,10-11H,1,6-9H2,2-4H3/t10-,11-,13+/m0/s1. The Hall–Kier alpha value is -0.300. The number of hydrogen-bond donors (Lipinski definition) is 0. The second-order valence-electron chi connectivity index (χ2n) is 5.92. The number of hydrogen-bond acceptors (Lipinski definition) is 1. The van der Waals surface area contributed by atoms with Crippen LogP contribution < -0.4 is 0 Å². The van der Waals surface area contributed by atoms with E-state index in [1.165, 1.54) is 19.3 Å². The summed E-state index contributed by atoms with van der Waals surface area (Å²) in [5.74, 6) is 0.877. The number of fused-ring (bicyclic) bond motifs is 2. The summed E-state index contributed by atoms with van der Waals surface area (Å²) in [6.45, 7) is 11.6. The van der Waals surface area contributed by atoms with E-state index in [1.54, 1.807) is 0 Å². The highest BCUT2D eigenvalue weighted by atomic mass is 16.5. The smallest absolute Gasteiger partial charge is 0.0686 e. The molecule has 0 amide bonds. The van der Waals surface area contributed by atoms with E-state index in [1.807, 2.05) is 6.08 Å². The summed E-state index contributed by atoms with van der Waals surface area (Å²) in [4.78, 5) is 0. The zero-order chi connectivity index (χ0) is 10.4. The van der Waals surface area contributed by atoms with Crippen molar-refractivity contribution in [3.05, 3.63) is 12.7 Å². The Balaban J connectivity index is 2.16. The van der Waals surface area contributed by atoms with Gasteiger partial charge in [0.15, 0.2) is 0 Å². The summed E-state index contributed by atoms with van der Waals surface area (Å²) in [5, 5.41) is 0. The first-order valence-corrected chi connectivity index (χ1v) is 5.73. The lowest BCUT2D eigenvalue weighted by Gasteiger charge is -2.42. The Kier molecular flexibility index (Phi) is 2.26. The van der Waals surface area contributed by atoms with Crippen molar-refractivity contribution in [1.29, 1.82) is 0 Å². The molecule has 0 saturated heterocycles. The maximum atomic E-state index is 5.99. The highest BCUT2D eigenvalue weighted by Crippen LogP contribution is 2.63. The van der Waals surface area contributed by atoms with E-state index < -0.39 is 0 Å². The lowest BCUT2D eigenvalue weighted by molar-refractivity contribution is -0.0785. The molecule has 2 aliphatic carbocycles. The molecule has 0 aromatic heterocycles.